The molecule has 0 saturated heterocycles. The zero-order valence-corrected chi connectivity index (χ0v) is 17.3. The lowest BCUT2D eigenvalue weighted by molar-refractivity contribution is -0.126. The fourth-order valence-electron chi connectivity index (χ4n) is 4.93. The molecule has 0 aliphatic carbocycles. The van der Waals surface area contributed by atoms with Gasteiger partial charge in [-0.3, -0.25) is 14.5 Å². The first-order valence-corrected chi connectivity index (χ1v) is 10.1. The summed E-state index contributed by atoms with van der Waals surface area (Å²) in [5.74, 6) is 1.79. The van der Waals surface area contributed by atoms with Crippen LogP contribution < -0.4 is 10.2 Å². The van der Waals surface area contributed by atoms with E-state index in [0.29, 0.717) is 39.5 Å². The second-order valence-corrected chi connectivity index (χ2v) is 7.91. The van der Waals surface area contributed by atoms with Crippen molar-refractivity contribution in [3.8, 4) is 18.2 Å². The standard InChI is InChI=1S/C22H15FN8O2/c1-3-6-30-14-5-4-12(23)7-13(14)22(21(30)33)8-15(32)28-19-16(22)11(2)29-31(19)20-17-18(25-9-24-17)26-10-27-20/h1,4-5,7,9-10H,6,8H2,2H3,(H,28,32)(H,24,25,26,27)/t22-/m1/s1. The van der Waals surface area contributed by atoms with Crippen LogP contribution in [0.15, 0.2) is 30.9 Å². The number of halogens is 1. The summed E-state index contributed by atoms with van der Waals surface area (Å²) in [6.07, 6.45) is 8.12. The van der Waals surface area contributed by atoms with Gasteiger partial charge in [0.2, 0.25) is 11.8 Å². The van der Waals surface area contributed by atoms with E-state index in [4.69, 9.17) is 6.42 Å². The molecule has 6 rings (SSSR count). The van der Waals surface area contributed by atoms with Gasteiger partial charge < -0.3 is 10.3 Å². The monoisotopic (exact) mass is 442 g/mol. The highest BCUT2D eigenvalue weighted by Gasteiger charge is 2.58. The summed E-state index contributed by atoms with van der Waals surface area (Å²) in [6.45, 7) is 1.72. The minimum atomic E-state index is -1.46. The molecule has 2 amide bonds. The van der Waals surface area contributed by atoms with Crippen LogP contribution in [-0.4, -0.2) is 48.1 Å². The van der Waals surface area contributed by atoms with Gasteiger partial charge in [-0.05, 0) is 30.7 Å². The lowest BCUT2D eigenvalue weighted by atomic mass is 9.70. The Balaban J connectivity index is 1.67. The Kier molecular flexibility index (Phi) is 3.74. The molecule has 2 N–H and O–H groups in total. The molecule has 11 heteroatoms. The first-order valence-electron chi connectivity index (χ1n) is 10.1. The number of anilines is 2. The molecule has 0 unspecified atom stereocenters. The van der Waals surface area contributed by atoms with Gasteiger partial charge in [0, 0.05) is 17.7 Å². The van der Waals surface area contributed by atoms with Crippen molar-refractivity contribution < 1.29 is 14.0 Å². The highest BCUT2D eigenvalue weighted by atomic mass is 19.1. The van der Waals surface area contributed by atoms with E-state index in [2.05, 4.69) is 36.3 Å². The summed E-state index contributed by atoms with van der Waals surface area (Å²) in [6, 6.07) is 4.07. The lowest BCUT2D eigenvalue weighted by Crippen LogP contribution is -2.47. The Labute approximate surface area is 185 Å². The van der Waals surface area contributed by atoms with Gasteiger partial charge in [-0.1, -0.05) is 5.92 Å². The highest BCUT2D eigenvalue weighted by molar-refractivity contribution is 6.16. The Bertz CT molecular complexity index is 1550. The third-order valence-corrected chi connectivity index (χ3v) is 6.14. The van der Waals surface area contributed by atoms with Crippen molar-refractivity contribution in [3.63, 3.8) is 0 Å². The number of nitrogens with zero attached hydrogens (tertiary/aromatic N) is 6. The zero-order chi connectivity index (χ0) is 22.9. The van der Waals surface area contributed by atoms with E-state index in [1.807, 2.05) is 0 Å². The summed E-state index contributed by atoms with van der Waals surface area (Å²) in [5, 5.41) is 7.44. The van der Waals surface area contributed by atoms with Crippen LogP contribution in [0.3, 0.4) is 0 Å². The topological polar surface area (TPSA) is 122 Å². The van der Waals surface area contributed by atoms with Crippen LogP contribution in [0.2, 0.25) is 0 Å². The maximum Gasteiger partial charge on any atom is 0.243 e. The number of benzene rings is 1. The maximum atomic E-state index is 14.4. The number of H-pyrrole nitrogens is 1. The third-order valence-electron chi connectivity index (χ3n) is 6.14. The van der Waals surface area contributed by atoms with E-state index in [0.717, 1.165) is 0 Å². The molecule has 5 heterocycles. The number of nitrogens with one attached hydrogen (secondary N) is 2. The summed E-state index contributed by atoms with van der Waals surface area (Å²) in [5.41, 5.74) is 1.29. The van der Waals surface area contributed by atoms with Crippen LogP contribution in [0.4, 0.5) is 15.9 Å². The van der Waals surface area contributed by atoms with Crippen molar-refractivity contribution in [1.29, 1.82) is 0 Å². The fourth-order valence-corrected chi connectivity index (χ4v) is 4.93. The van der Waals surface area contributed by atoms with Crippen LogP contribution >= 0.6 is 0 Å². The summed E-state index contributed by atoms with van der Waals surface area (Å²) in [4.78, 5) is 43.8. The average molecular weight is 442 g/mol. The van der Waals surface area contributed by atoms with Crippen molar-refractivity contribution in [3.05, 3.63) is 53.5 Å². The van der Waals surface area contributed by atoms with Gasteiger partial charge in [0.1, 0.15) is 28.9 Å². The molecule has 1 aromatic carbocycles. The summed E-state index contributed by atoms with van der Waals surface area (Å²) >= 11 is 0. The largest absolute Gasteiger partial charge is 0.340 e. The number of imidazole rings is 1. The third kappa shape index (κ3) is 2.37. The van der Waals surface area contributed by atoms with E-state index in [-0.39, 0.29) is 18.8 Å². The molecule has 2 aliphatic rings. The average Bonchev–Trinajstić information content (AvgIpc) is 3.46. The molecule has 2 aliphatic heterocycles. The Morgan fingerprint density at radius 3 is 2.94 bits per heavy atom. The van der Waals surface area contributed by atoms with Crippen LogP contribution in [0.1, 0.15) is 23.2 Å². The molecule has 3 aromatic heterocycles. The van der Waals surface area contributed by atoms with Gasteiger partial charge in [0.25, 0.3) is 0 Å². The van der Waals surface area contributed by atoms with E-state index >= 15 is 0 Å². The second-order valence-electron chi connectivity index (χ2n) is 7.91. The molecule has 0 saturated carbocycles. The number of aryl methyl sites for hydroxylation is 1. The van der Waals surface area contributed by atoms with Gasteiger partial charge >= 0.3 is 0 Å². The van der Waals surface area contributed by atoms with Crippen LogP contribution in [0.25, 0.3) is 17.0 Å². The van der Waals surface area contributed by atoms with Crippen LogP contribution in [0, 0.1) is 25.1 Å². The maximum absolute atomic E-state index is 14.4. The smallest absolute Gasteiger partial charge is 0.243 e. The fraction of sp³-hybridized carbons (Fsp3) is 0.182. The minimum Gasteiger partial charge on any atom is -0.340 e. The molecule has 10 nitrogen and oxygen atoms in total. The summed E-state index contributed by atoms with van der Waals surface area (Å²) in [7, 11) is 0. The zero-order valence-electron chi connectivity index (χ0n) is 17.3. The SMILES string of the molecule is C#CCN1C(=O)[C@]2(CC(=O)Nc3c2c(C)nn3-c2ncnc3nc[nH]c23)c2cc(F)ccc21. The van der Waals surface area contributed by atoms with Crippen molar-refractivity contribution in [2.45, 2.75) is 18.8 Å². The Morgan fingerprint density at radius 2 is 2.12 bits per heavy atom. The first-order chi connectivity index (χ1) is 16.0. The molecule has 33 heavy (non-hydrogen) atoms. The molecular formula is C22H15FN8O2. The highest BCUT2D eigenvalue weighted by Crippen LogP contribution is 2.53. The van der Waals surface area contributed by atoms with Crippen LogP contribution in [-0.2, 0) is 15.0 Å². The molecule has 1 spiro atoms. The molecule has 0 fully saturated rings. The quantitative estimate of drug-likeness (QED) is 0.455. The molecular weight excluding hydrogens is 427 g/mol. The Morgan fingerprint density at radius 1 is 1.27 bits per heavy atom. The molecule has 4 aromatic rings. The molecule has 0 radical (unpaired) electrons. The number of aromatic nitrogens is 6. The van der Waals surface area contributed by atoms with Gasteiger partial charge in [0.05, 0.1) is 18.6 Å². The number of carbonyl (C=O) groups excluding carboxylic acids is 2. The van der Waals surface area contributed by atoms with Gasteiger partial charge in [-0.15, -0.1) is 6.42 Å². The van der Waals surface area contributed by atoms with Crippen molar-refractivity contribution in [2.24, 2.45) is 0 Å². The van der Waals surface area contributed by atoms with Crippen molar-refractivity contribution in [2.75, 3.05) is 16.8 Å². The Hall–Kier alpha value is -4.59. The van der Waals surface area contributed by atoms with Crippen molar-refractivity contribution in [1.82, 2.24) is 29.7 Å². The summed E-state index contributed by atoms with van der Waals surface area (Å²) < 4.78 is 15.8. The van der Waals surface area contributed by atoms with Crippen molar-refractivity contribution >= 4 is 34.5 Å². The molecule has 1 atom stereocenters. The number of aromatic amines is 1. The number of rotatable bonds is 2. The number of hydrogen-bond acceptors (Lipinski definition) is 6. The second kappa shape index (κ2) is 6.46. The van der Waals surface area contributed by atoms with Gasteiger partial charge in [-0.2, -0.15) is 9.78 Å². The number of terminal acetylenes is 1. The van der Waals surface area contributed by atoms with E-state index in [1.165, 1.54) is 40.4 Å². The number of amides is 2. The number of fused-ring (bicyclic) bond motifs is 5. The number of hydrogen-bond donors (Lipinski definition) is 2. The normalized spacial score (nSPS) is 19.0. The number of carbonyl (C=O) groups is 2. The van der Waals surface area contributed by atoms with Gasteiger partial charge in [-0.25, -0.2) is 19.3 Å². The van der Waals surface area contributed by atoms with E-state index < -0.39 is 23.0 Å². The predicted molar refractivity (Wildman–Crippen MR) is 115 cm³/mol. The minimum absolute atomic E-state index is 0.00989. The predicted octanol–water partition coefficient (Wildman–Crippen LogP) is 1.59. The van der Waals surface area contributed by atoms with E-state index in [1.54, 1.807) is 6.92 Å². The lowest BCUT2D eigenvalue weighted by Gasteiger charge is -2.33. The molecule has 0 bridgehead atoms. The van der Waals surface area contributed by atoms with Gasteiger partial charge in [0.15, 0.2) is 11.5 Å². The van der Waals surface area contributed by atoms with E-state index in [9.17, 15) is 14.0 Å². The first kappa shape index (κ1) is 19.1. The van der Waals surface area contributed by atoms with Crippen LogP contribution in [0.5, 0.6) is 0 Å². The molecule has 162 valence electrons.